The molecule has 0 fully saturated rings. The first kappa shape index (κ1) is 13.7. The summed E-state index contributed by atoms with van der Waals surface area (Å²) in [4.78, 5) is 1.29. The van der Waals surface area contributed by atoms with E-state index in [0.717, 1.165) is 6.42 Å². The van der Waals surface area contributed by atoms with E-state index in [-0.39, 0.29) is 6.04 Å². The number of thioether (sulfide) groups is 1. The summed E-state index contributed by atoms with van der Waals surface area (Å²) in [5.41, 5.74) is 7.24. The summed E-state index contributed by atoms with van der Waals surface area (Å²) in [7, 11) is 0. The maximum Gasteiger partial charge on any atom is 0.0465 e. The molecule has 20 heavy (non-hydrogen) atoms. The number of hydrogen-bond acceptors (Lipinski definition) is 3. The largest absolute Gasteiger partial charge is 0.271 e. The fourth-order valence-electron chi connectivity index (χ4n) is 2.99. The summed E-state index contributed by atoms with van der Waals surface area (Å²) in [6.45, 7) is 0. The summed E-state index contributed by atoms with van der Waals surface area (Å²) < 4.78 is 0. The molecule has 3 rings (SSSR count). The molecule has 0 bridgehead atoms. The first-order valence-electron chi connectivity index (χ1n) is 6.99. The Labute approximate surface area is 124 Å². The zero-order valence-corrected chi connectivity index (χ0v) is 12.5. The van der Waals surface area contributed by atoms with Gasteiger partial charge in [-0.2, -0.15) is 0 Å². The van der Waals surface area contributed by atoms with E-state index in [1.807, 2.05) is 0 Å². The lowest BCUT2D eigenvalue weighted by Crippen LogP contribution is -2.31. The summed E-state index contributed by atoms with van der Waals surface area (Å²) >= 11 is 1.77. The van der Waals surface area contributed by atoms with Gasteiger partial charge in [-0.25, -0.2) is 0 Å². The lowest BCUT2D eigenvalue weighted by molar-refractivity contribution is 0.435. The average molecular weight is 284 g/mol. The smallest absolute Gasteiger partial charge is 0.0465 e. The molecule has 1 aliphatic rings. The van der Waals surface area contributed by atoms with Crippen LogP contribution in [0.1, 0.15) is 35.1 Å². The molecule has 0 amide bonds. The third kappa shape index (κ3) is 2.62. The van der Waals surface area contributed by atoms with Crippen LogP contribution in [0.15, 0.2) is 53.4 Å². The van der Waals surface area contributed by atoms with Gasteiger partial charge in [0.05, 0.1) is 0 Å². The molecular weight excluding hydrogens is 264 g/mol. The molecule has 3 heteroatoms. The number of fused-ring (bicyclic) bond motifs is 1. The van der Waals surface area contributed by atoms with Crippen molar-refractivity contribution in [3.8, 4) is 0 Å². The molecule has 2 aromatic carbocycles. The Bertz CT molecular complexity index is 580. The van der Waals surface area contributed by atoms with Crippen molar-refractivity contribution in [2.45, 2.75) is 29.7 Å². The van der Waals surface area contributed by atoms with Gasteiger partial charge < -0.3 is 0 Å². The number of rotatable bonds is 5. The van der Waals surface area contributed by atoms with Crippen LogP contribution in [-0.2, 0) is 6.42 Å². The lowest BCUT2D eigenvalue weighted by Gasteiger charge is -2.33. The monoisotopic (exact) mass is 284 g/mol. The predicted octanol–water partition coefficient (Wildman–Crippen LogP) is 3.64. The van der Waals surface area contributed by atoms with Crippen LogP contribution in [0, 0.1) is 0 Å². The minimum Gasteiger partial charge on any atom is -0.271 e. The Kier molecular flexibility index (Phi) is 4.10. The topological polar surface area (TPSA) is 38.0 Å². The maximum atomic E-state index is 5.77. The number of nitrogens with one attached hydrogen (secondary N) is 1. The van der Waals surface area contributed by atoms with Gasteiger partial charge in [0.15, 0.2) is 0 Å². The number of nitrogens with two attached hydrogens (primary N) is 1. The Balaban J connectivity index is 1.72. The van der Waals surface area contributed by atoms with Gasteiger partial charge >= 0.3 is 0 Å². The second-order valence-corrected chi connectivity index (χ2v) is 6.21. The van der Waals surface area contributed by atoms with Gasteiger partial charge in [-0.15, -0.1) is 11.8 Å². The van der Waals surface area contributed by atoms with Crippen LogP contribution >= 0.6 is 11.8 Å². The zero-order chi connectivity index (χ0) is 13.9. The van der Waals surface area contributed by atoms with Gasteiger partial charge in [-0.1, -0.05) is 36.4 Å². The fourth-order valence-corrected chi connectivity index (χ4v) is 3.40. The van der Waals surface area contributed by atoms with Crippen molar-refractivity contribution in [1.29, 1.82) is 0 Å². The van der Waals surface area contributed by atoms with Gasteiger partial charge in [0.2, 0.25) is 0 Å². The maximum absolute atomic E-state index is 5.77. The fraction of sp³-hybridized carbons (Fsp3) is 0.294. The van der Waals surface area contributed by atoms with Gasteiger partial charge in [0.1, 0.15) is 0 Å². The second-order valence-electron chi connectivity index (χ2n) is 5.33. The van der Waals surface area contributed by atoms with E-state index in [4.69, 9.17) is 5.84 Å². The minimum absolute atomic E-state index is 0.226. The molecule has 0 aliphatic heterocycles. The predicted molar refractivity (Wildman–Crippen MR) is 85.8 cm³/mol. The van der Waals surface area contributed by atoms with Crippen LogP contribution in [0.3, 0.4) is 0 Å². The standard InChI is InChI=1S/C17H20N2S/c1-20-15-8-6-12(7-9-15)17(19-18)11-14-10-13-4-2-3-5-16(13)14/h2-9,14,17,19H,10-11,18H2,1H3. The van der Waals surface area contributed by atoms with Gasteiger partial charge in [-0.3, -0.25) is 11.3 Å². The lowest BCUT2D eigenvalue weighted by atomic mass is 9.74. The molecule has 2 unspecified atom stereocenters. The SMILES string of the molecule is CSc1ccc(C(CC2Cc3ccccc32)NN)cc1. The van der Waals surface area contributed by atoms with E-state index < -0.39 is 0 Å². The van der Waals surface area contributed by atoms with Crippen LogP contribution < -0.4 is 11.3 Å². The molecule has 0 heterocycles. The summed E-state index contributed by atoms with van der Waals surface area (Å²) in [5.74, 6) is 6.40. The molecule has 2 atom stereocenters. The summed E-state index contributed by atoms with van der Waals surface area (Å²) in [6.07, 6.45) is 4.34. The third-order valence-corrected chi connectivity index (χ3v) is 4.94. The van der Waals surface area contributed by atoms with Crippen molar-refractivity contribution in [3.63, 3.8) is 0 Å². The van der Waals surface area contributed by atoms with Crippen molar-refractivity contribution in [1.82, 2.24) is 5.43 Å². The van der Waals surface area contributed by atoms with Gasteiger partial charge in [-0.05, 0) is 53.8 Å². The summed E-state index contributed by atoms with van der Waals surface area (Å²) in [5, 5.41) is 0. The zero-order valence-electron chi connectivity index (χ0n) is 11.7. The Morgan fingerprint density at radius 1 is 1.20 bits per heavy atom. The molecule has 2 nitrogen and oxygen atoms in total. The third-order valence-electron chi connectivity index (χ3n) is 4.20. The highest BCUT2D eigenvalue weighted by Crippen LogP contribution is 2.40. The van der Waals surface area contributed by atoms with Crippen molar-refractivity contribution >= 4 is 11.8 Å². The van der Waals surface area contributed by atoms with E-state index in [1.165, 1.54) is 28.0 Å². The normalized spacial score (nSPS) is 18.2. The first-order valence-corrected chi connectivity index (χ1v) is 8.22. The van der Waals surface area contributed by atoms with E-state index in [2.05, 4.69) is 60.2 Å². The van der Waals surface area contributed by atoms with Crippen LogP contribution in [0.5, 0.6) is 0 Å². The molecule has 3 N–H and O–H groups in total. The number of benzene rings is 2. The highest BCUT2D eigenvalue weighted by atomic mass is 32.2. The molecular formula is C17H20N2S. The van der Waals surface area contributed by atoms with E-state index in [0.29, 0.717) is 5.92 Å². The average Bonchev–Trinajstić information content (AvgIpc) is 2.49. The minimum atomic E-state index is 0.226. The number of hydrazine groups is 1. The van der Waals surface area contributed by atoms with Gasteiger partial charge in [0, 0.05) is 10.9 Å². The molecule has 0 radical (unpaired) electrons. The van der Waals surface area contributed by atoms with Crippen molar-refractivity contribution < 1.29 is 0 Å². The Morgan fingerprint density at radius 2 is 1.95 bits per heavy atom. The highest BCUT2D eigenvalue weighted by molar-refractivity contribution is 7.98. The number of hydrogen-bond donors (Lipinski definition) is 2. The molecule has 0 saturated heterocycles. The van der Waals surface area contributed by atoms with Gasteiger partial charge in [0.25, 0.3) is 0 Å². The molecule has 0 spiro atoms. The summed E-state index contributed by atoms with van der Waals surface area (Å²) in [6, 6.07) is 17.6. The van der Waals surface area contributed by atoms with Crippen molar-refractivity contribution in [2.75, 3.05) is 6.26 Å². The quantitative estimate of drug-likeness (QED) is 0.500. The van der Waals surface area contributed by atoms with Crippen LogP contribution in [-0.4, -0.2) is 6.26 Å². The van der Waals surface area contributed by atoms with E-state index >= 15 is 0 Å². The van der Waals surface area contributed by atoms with Crippen molar-refractivity contribution in [2.24, 2.45) is 5.84 Å². The molecule has 104 valence electrons. The van der Waals surface area contributed by atoms with Crippen molar-refractivity contribution in [3.05, 3.63) is 65.2 Å². The molecule has 0 saturated carbocycles. The molecule has 1 aliphatic carbocycles. The first-order chi connectivity index (χ1) is 9.81. The van der Waals surface area contributed by atoms with E-state index in [9.17, 15) is 0 Å². The van der Waals surface area contributed by atoms with E-state index in [1.54, 1.807) is 11.8 Å². The highest BCUT2D eigenvalue weighted by Gasteiger charge is 2.28. The van der Waals surface area contributed by atoms with Crippen LogP contribution in [0.2, 0.25) is 0 Å². The van der Waals surface area contributed by atoms with Crippen LogP contribution in [0.4, 0.5) is 0 Å². The Hall–Kier alpha value is -1.29. The second kappa shape index (κ2) is 6.00. The molecule has 2 aromatic rings. The Morgan fingerprint density at radius 3 is 2.60 bits per heavy atom. The molecule has 0 aromatic heterocycles. The van der Waals surface area contributed by atoms with Crippen LogP contribution in [0.25, 0.3) is 0 Å².